The highest BCUT2D eigenvalue weighted by molar-refractivity contribution is 7.89. The minimum Gasteiger partial charge on any atom is -0.381 e. The molecule has 1 unspecified atom stereocenters. The molecular weight excluding hydrogens is 240 g/mol. The highest BCUT2D eigenvalue weighted by atomic mass is 32.2. The molecule has 0 aliphatic heterocycles. The Hall–Kier alpha value is -1.52. The molecule has 3 N–H and O–H groups in total. The van der Waals surface area contributed by atoms with Gasteiger partial charge in [0.05, 0.1) is 12.4 Å². The monoisotopic (exact) mass is 256 g/mol. The van der Waals surface area contributed by atoms with Gasteiger partial charge >= 0.3 is 0 Å². The van der Waals surface area contributed by atoms with Crippen molar-refractivity contribution in [3.8, 4) is 12.3 Å². The van der Waals surface area contributed by atoms with E-state index in [4.69, 9.17) is 12.2 Å². The van der Waals surface area contributed by atoms with Crippen LogP contribution < -0.4 is 10.5 Å². The second kappa shape index (κ2) is 5.21. The predicted molar refractivity (Wildman–Crippen MR) is 65.5 cm³/mol. The maximum atomic E-state index is 12.0. The van der Waals surface area contributed by atoms with E-state index in [2.05, 4.69) is 15.6 Å². The quantitative estimate of drug-likeness (QED) is 0.730. The first-order chi connectivity index (χ1) is 7.92. The lowest BCUT2D eigenvalue weighted by molar-refractivity contribution is 0.556. The molecule has 1 heterocycles. The average molecular weight is 256 g/mol. The number of hydrogen-bond donors (Lipinski definition) is 2. The largest absolute Gasteiger partial charge is 0.381 e. The third kappa shape index (κ3) is 2.99. The molecule has 0 radical (unpaired) electrons. The van der Waals surface area contributed by atoms with Crippen LogP contribution in [0.2, 0.25) is 0 Å². The molecule has 0 saturated carbocycles. The highest BCUT2D eigenvalue weighted by Crippen LogP contribution is 2.15. The van der Waals surface area contributed by atoms with Crippen molar-refractivity contribution in [2.45, 2.75) is 30.8 Å². The number of imidazole rings is 1. The van der Waals surface area contributed by atoms with E-state index < -0.39 is 16.1 Å². The Morgan fingerprint density at radius 3 is 2.76 bits per heavy atom. The van der Waals surface area contributed by atoms with Crippen LogP contribution in [-0.2, 0) is 17.1 Å². The van der Waals surface area contributed by atoms with Gasteiger partial charge in [0.1, 0.15) is 0 Å². The average Bonchev–Trinajstić information content (AvgIpc) is 2.58. The Kier molecular flexibility index (Phi) is 4.15. The molecule has 1 rings (SSSR count). The molecule has 1 aromatic rings. The molecule has 0 aromatic carbocycles. The number of anilines is 1. The lowest BCUT2D eigenvalue weighted by Gasteiger charge is -2.13. The van der Waals surface area contributed by atoms with E-state index in [0.717, 1.165) is 6.42 Å². The van der Waals surface area contributed by atoms with Gasteiger partial charge in [-0.15, -0.1) is 6.42 Å². The van der Waals surface area contributed by atoms with E-state index >= 15 is 0 Å². The number of hydrogen-bond acceptors (Lipinski definition) is 4. The van der Waals surface area contributed by atoms with Gasteiger partial charge < -0.3 is 10.3 Å². The van der Waals surface area contributed by atoms with Gasteiger partial charge in [0.2, 0.25) is 0 Å². The molecule has 1 aromatic heterocycles. The van der Waals surface area contributed by atoms with Gasteiger partial charge in [-0.25, -0.2) is 13.4 Å². The van der Waals surface area contributed by atoms with Crippen LogP contribution in [0.3, 0.4) is 0 Å². The standard InChI is InChI=1S/C10H16N4O2S/c1-4-6-8(5-2)13-17(15,16)10-9(11)12-7-14(10)3/h2,7-8,13H,4,6,11H2,1,3H3. The van der Waals surface area contributed by atoms with Gasteiger partial charge in [-0.1, -0.05) is 19.3 Å². The zero-order valence-electron chi connectivity index (χ0n) is 9.84. The van der Waals surface area contributed by atoms with Crippen molar-refractivity contribution >= 4 is 15.8 Å². The number of nitrogen functional groups attached to an aromatic ring is 1. The molecular formula is C10H16N4O2S. The SMILES string of the molecule is C#CC(CCC)NS(=O)(=O)c1c(N)ncn1C. The summed E-state index contributed by atoms with van der Waals surface area (Å²) < 4.78 is 27.8. The van der Waals surface area contributed by atoms with Crippen molar-refractivity contribution in [3.05, 3.63) is 6.33 Å². The van der Waals surface area contributed by atoms with Gasteiger partial charge in [-0.2, -0.15) is 4.72 Å². The summed E-state index contributed by atoms with van der Waals surface area (Å²) in [6.45, 7) is 1.93. The fraction of sp³-hybridized carbons (Fsp3) is 0.500. The van der Waals surface area contributed by atoms with Crippen LogP contribution in [0.4, 0.5) is 5.82 Å². The van der Waals surface area contributed by atoms with E-state index in [-0.39, 0.29) is 10.8 Å². The third-order valence-corrected chi connectivity index (χ3v) is 3.84. The minimum absolute atomic E-state index is 0.0349. The molecule has 1 atom stereocenters. The van der Waals surface area contributed by atoms with Crippen molar-refractivity contribution in [3.63, 3.8) is 0 Å². The summed E-state index contributed by atoms with van der Waals surface area (Å²) in [6.07, 6.45) is 7.97. The van der Waals surface area contributed by atoms with Crippen molar-refractivity contribution < 1.29 is 8.42 Å². The number of nitrogens with two attached hydrogens (primary N) is 1. The minimum atomic E-state index is -3.73. The van der Waals surface area contributed by atoms with Crippen molar-refractivity contribution in [2.75, 3.05) is 5.73 Å². The van der Waals surface area contributed by atoms with Crippen LogP contribution in [0.1, 0.15) is 19.8 Å². The Bertz CT molecular complexity index is 507. The first-order valence-electron chi connectivity index (χ1n) is 5.17. The van der Waals surface area contributed by atoms with Gasteiger partial charge in [-0.05, 0) is 6.42 Å². The highest BCUT2D eigenvalue weighted by Gasteiger charge is 2.24. The summed E-state index contributed by atoms with van der Waals surface area (Å²) in [5.74, 6) is 2.36. The van der Waals surface area contributed by atoms with Gasteiger partial charge in [0.15, 0.2) is 10.8 Å². The van der Waals surface area contributed by atoms with Crippen molar-refractivity contribution in [1.82, 2.24) is 14.3 Å². The first-order valence-corrected chi connectivity index (χ1v) is 6.66. The maximum Gasteiger partial charge on any atom is 0.261 e. The molecule has 0 saturated heterocycles. The van der Waals surface area contributed by atoms with E-state index in [9.17, 15) is 8.42 Å². The second-order valence-corrected chi connectivity index (χ2v) is 5.30. The number of rotatable bonds is 5. The third-order valence-electron chi connectivity index (χ3n) is 2.24. The smallest absolute Gasteiger partial charge is 0.261 e. The number of terminal acetylenes is 1. The normalized spacial score (nSPS) is 13.2. The molecule has 0 aliphatic rings. The lowest BCUT2D eigenvalue weighted by atomic mass is 10.2. The zero-order valence-corrected chi connectivity index (χ0v) is 10.7. The van der Waals surface area contributed by atoms with Crippen molar-refractivity contribution in [2.24, 2.45) is 7.05 Å². The number of aryl methyl sites for hydroxylation is 1. The van der Waals surface area contributed by atoms with Crippen LogP contribution in [-0.4, -0.2) is 24.0 Å². The molecule has 17 heavy (non-hydrogen) atoms. The Labute approximate surface area is 101 Å². The Balaban J connectivity index is 3.01. The number of sulfonamides is 1. The van der Waals surface area contributed by atoms with E-state index in [1.807, 2.05) is 6.92 Å². The van der Waals surface area contributed by atoms with Gasteiger partial charge in [0, 0.05) is 7.05 Å². The Morgan fingerprint density at radius 2 is 2.35 bits per heavy atom. The fourth-order valence-electron chi connectivity index (χ4n) is 1.47. The lowest BCUT2D eigenvalue weighted by Crippen LogP contribution is -2.35. The summed E-state index contributed by atoms with van der Waals surface area (Å²) in [5, 5.41) is -0.0612. The molecule has 7 heteroatoms. The summed E-state index contributed by atoms with van der Waals surface area (Å²) in [6, 6.07) is -0.528. The van der Waals surface area contributed by atoms with E-state index in [1.54, 1.807) is 7.05 Å². The summed E-state index contributed by atoms with van der Waals surface area (Å²) in [5.41, 5.74) is 5.52. The summed E-state index contributed by atoms with van der Waals surface area (Å²) in [7, 11) is -2.17. The first kappa shape index (κ1) is 13.5. The molecule has 0 bridgehead atoms. The van der Waals surface area contributed by atoms with Crippen LogP contribution in [0.25, 0.3) is 0 Å². The fourth-order valence-corrected chi connectivity index (χ4v) is 2.90. The number of nitrogens with one attached hydrogen (secondary N) is 1. The predicted octanol–water partition coefficient (Wildman–Crippen LogP) is 0.0825. The Morgan fingerprint density at radius 1 is 1.71 bits per heavy atom. The summed E-state index contributed by atoms with van der Waals surface area (Å²) in [4.78, 5) is 3.73. The topological polar surface area (TPSA) is 90.0 Å². The van der Waals surface area contributed by atoms with Crippen molar-refractivity contribution in [1.29, 1.82) is 0 Å². The molecule has 0 aliphatic carbocycles. The molecule has 94 valence electrons. The van der Waals surface area contributed by atoms with Crippen LogP contribution in [0, 0.1) is 12.3 Å². The summed E-state index contributed by atoms with van der Waals surface area (Å²) >= 11 is 0. The molecule has 0 spiro atoms. The molecule has 0 fully saturated rings. The molecule has 6 nitrogen and oxygen atoms in total. The number of nitrogens with zero attached hydrogens (tertiary/aromatic N) is 2. The van der Waals surface area contributed by atoms with E-state index in [1.165, 1.54) is 10.9 Å². The van der Waals surface area contributed by atoms with Crippen LogP contribution >= 0.6 is 0 Å². The number of aromatic nitrogens is 2. The van der Waals surface area contributed by atoms with Crippen LogP contribution in [0.15, 0.2) is 11.4 Å². The van der Waals surface area contributed by atoms with Gasteiger partial charge in [-0.3, -0.25) is 0 Å². The van der Waals surface area contributed by atoms with Crippen LogP contribution in [0.5, 0.6) is 0 Å². The second-order valence-electron chi connectivity index (χ2n) is 3.68. The zero-order chi connectivity index (χ0) is 13.1. The van der Waals surface area contributed by atoms with Gasteiger partial charge in [0.25, 0.3) is 10.0 Å². The van der Waals surface area contributed by atoms with E-state index in [0.29, 0.717) is 6.42 Å². The maximum absolute atomic E-state index is 12.0. The molecule has 0 amide bonds.